The van der Waals surface area contributed by atoms with Gasteiger partial charge in [-0.2, -0.15) is 0 Å². The first-order chi connectivity index (χ1) is 11.5. The SMILES string of the molecule is CCCCOC(=O)[C@@H](N)CCSSCC[C@H](N)C(=O)OCCCC. The van der Waals surface area contributed by atoms with Gasteiger partial charge in [-0.15, -0.1) is 0 Å². The molecule has 24 heavy (non-hydrogen) atoms. The maximum Gasteiger partial charge on any atom is 0.322 e. The number of carbonyl (C=O) groups excluding carboxylic acids is 2. The molecule has 0 aromatic rings. The normalized spacial score (nSPS) is 13.3. The van der Waals surface area contributed by atoms with E-state index in [0.29, 0.717) is 26.1 Å². The summed E-state index contributed by atoms with van der Waals surface area (Å²) in [4.78, 5) is 23.2. The van der Waals surface area contributed by atoms with Crippen molar-refractivity contribution in [2.45, 2.75) is 64.5 Å². The van der Waals surface area contributed by atoms with Crippen molar-refractivity contribution in [3.05, 3.63) is 0 Å². The molecule has 0 spiro atoms. The molecule has 0 bridgehead atoms. The summed E-state index contributed by atoms with van der Waals surface area (Å²) in [5.41, 5.74) is 11.6. The highest BCUT2D eigenvalue weighted by molar-refractivity contribution is 8.76. The first-order valence-electron chi connectivity index (χ1n) is 8.61. The quantitative estimate of drug-likeness (QED) is 0.254. The van der Waals surface area contributed by atoms with Gasteiger partial charge in [-0.3, -0.25) is 9.59 Å². The van der Waals surface area contributed by atoms with Crippen molar-refractivity contribution < 1.29 is 19.1 Å². The van der Waals surface area contributed by atoms with Crippen LogP contribution in [0, 0.1) is 0 Å². The van der Waals surface area contributed by atoms with Crippen LogP contribution in [0.5, 0.6) is 0 Å². The van der Waals surface area contributed by atoms with E-state index >= 15 is 0 Å². The second-order valence-electron chi connectivity index (χ2n) is 5.48. The Kier molecular flexibility index (Phi) is 15.8. The summed E-state index contributed by atoms with van der Waals surface area (Å²) in [5.74, 6) is 0.854. The van der Waals surface area contributed by atoms with Crippen LogP contribution in [0.25, 0.3) is 0 Å². The fourth-order valence-electron chi connectivity index (χ4n) is 1.55. The molecule has 0 rings (SSSR count). The van der Waals surface area contributed by atoms with Crippen molar-refractivity contribution in [2.24, 2.45) is 11.5 Å². The first-order valence-corrected chi connectivity index (χ1v) is 11.1. The topological polar surface area (TPSA) is 105 Å². The average Bonchev–Trinajstić information content (AvgIpc) is 2.57. The standard InChI is InChI=1S/C16H32N2O4S2/c1-3-5-9-21-15(19)13(17)7-11-23-24-12-8-14(18)16(20)22-10-6-4-2/h13-14H,3-12,17-18H2,1-2H3/t13-,14-/m0/s1. The Morgan fingerprint density at radius 1 is 0.833 bits per heavy atom. The summed E-state index contributed by atoms with van der Waals surface area (Å²) in [7, 11) is 3.25. The first kappa shape index (κ1) is 23.6. The van der Waals surface area contributed by atoms with Gasteiger partial charge in [0.05, 0.1) is 13.2 Å². The van der Waals surface area contributed by atoms with E-state index < -0.39 is 12.1 Å². The maximum absolute atomic E-state index is 11.6. The fraction of sp³-hybridized carbons (Fsp3) is 0.875. The number of nitrogens with two attached hydrogens (primary N) is 2. The predicted octanol–water partition coefficient (Wildman–Crippen LogP) is 2.49. The highest BCUT2D eigenvalue weighted by atomic mass is 33.1. The fourth-order valence-corrected chi connectivity index (χ4v) is 3.77. The summed E-state index contributed by atoms with van der Waals surface area (Å²) >= 11 is 0. The molecule has 0 unspecified atom stereocenters. The van der Waals surface area contributed by atoms with Gasteiger partial charge in [0.25, 0.3) is 0 Å². The molecule has 142 valence electrons. The van der Waals surface area contributed by atoms with E-state index in [9.17, 15) is 9.59 Å². The summed E-state index contributed by atoms with van der Waals surface area (Å²) in [6.45, 7) is 4.96. The van der Waals surface area contributed by atoms with Crippen molar-refractivity contribution in [3.8, 4) is 0 Å². The number of carbonyl (C=O) groups is 2. The van der Waals surface area contributed by atoms with Crippen LogP contribution in [0.2, 0.25) is 0 Å². The van der Waals surface area contributed by atoms with E-state index in [2.05, 4.69) is 0 Å². The number of hydrogen-bond donors (Lipinski definition) is 2. The number of ether oxygens (including phenoxy) is 2. The summed E-state index contributed by atoms with van der Waals surface area (Å²) in [5, 5.41) is 0. The minimum Gasteiger partial charge on any atom is -0.465 e. The molecule has 2 atom stereocenters. The molecule has 4 N–H and O–H groups in total. The zero-order valence-electron chi connectivity index (χ0n) is 14.8. The Labute approximate surface area is 153 Å². The number of rotatable bonds is 15. The third-order valence-electron chi connectivity index (χ3n) is 3.20. The number of esters is 2. The van der Waals surface area contributed by atoms with Crippen LogP contribution in [0.4, 0.5) is 0 Å². The molecule has 0 heterocycles. The third kappa shape index (κ3) is 12.9. The lowest BCUT2D eigenvalue weighted by Crippen LogP contribution is -2.33. The molecule has 0 radical (unpaired) electrons. The second-order valence-corrected chi connectivity index (χ2v) is 8.18. The summed E-state index contributed by atoms with van der Waals surface area (Å²) in [6, 6.07) is -1.13. The molecule has 0 saturated heterocycles. The summed E-state index contributed by atoms with van der Waals surface area (Å²) in [6.07, 6.45) is 4.86. The van der Waals surface area contributed by atoms with Gasteiger partial charge in [-0.1, -0.05) is 48.3 Å². The molecule has 6 nitrogen and oxygen atoms in total. The molecule has 0 amide bonds. The molecule has 0 aliphatic rings. The van der Waals surface area contributed by atoms with E-state index in [-0.39, 0.29) is 11.9 Å². The lowest BCUT2D eigenvalue weighted by molar-refractivity contribution is -0.146. The highest BCUT2D eigenvalue weighted by Gasteiger charge is 2.16. The molecule has 0 fully saturated rings. The Morgan fingerprint density at radius 2 is 1.21 bits per heavy atom. The van der Waals surface area contributed by atoms with Crippen molar-refractivity contribution in [3.63, 3.8) is 0 Å². The van der Waals surface area contributed by atoms with Gasteiger partial charge in [-0.25, -0.2) is 0 Å². The van der Waals surface area contributed by atoms with Crippen molar-refractivity contribution in [1.29, 1.82) is 0 Å². The van der Waals surface area contributed by atoms with Gasteiger partial charge >= 0.3 is 11.9 Å². The smallest absolute Gasteiger partial charge is 0.322 e. The molecular weight excluding hydrogens is 348 g/mol. The van der Waals surface area contributed by atoms with Gasteiger partial charge in [0.1, 0.15) is 12.1 Å². The Balaban J connectivity index is 3.58. The molecule has 0 saturated carbocycles. The average molecular weight is 381 g/mol. The van der Waals surface area contributed by atoms with E-state index in [1.54, 1.807) is 21.6 Å². The molecular formula is C16H32N2O4S2. The van der Waals surface area contributed by atoms with E-state index in [4.69, 9.17) is 20.9 Å². The van der Waals surface area contributed by atoms with Gasteiger partial charge in [0, 0.05) is 11.5 Å². The third-order valence-corrected chi connectivity index (χ3v) is 5.67. The van der Waals surface area contributed by atoms with Gasteiger partial charge in [0.15, 0.2) is 0 Å². The zero-order valence-corrected chi connectivity index (χ0v) is 16.5. The van der Waals surface area contributed by atoms with Crippen molar-refractivity contribution >= 4 is 33.5 Å². The zero-order chi connectivity index (χ0) is 18.2. The van der Waals surface area contributed by atoms with Crippen molar-refractivity contribution in [2.75, 3.05) is 24.7 Å². The lowest BCUT2D eigenvalue weighted by Gasteiger charge is -2.12. The Bertz CT molecular complexity index is 314. The molecule has 0 aromatic heterocycles. The number of unbranched alkanes of at least 4 members (excludes halogenated alkanes) is 2. The minimum atomic E-state index is -0.564. The Morgan fingerprint density at radius 3 is 1.54 bits per heavy atom. The van der Waals surface area contributed by atoms with E-state index in [0.717, 1.165) is 37.2 Å². The molecule has 8 heteroatoms. The van der Waals surface area contributed by atoms with Crippen LogP contribution in [-0.2, 0) is 19.1 Å². The maximum atomic E-state index is 11.6. The van der Waals surface area contributed by atoms with Gasteiger partial charge < -0.3 is 20.9 Å². The number of hydrogen-bond acceptors (Lipinski definition) is 8. The van der Waals surface area contributed by atoms with Crippen LogP contribution < -0.4 is 11.5 Å². The minimum absolute atomic E-state index is 0.328. The van der Waals surface area contributed by atoms with Crippen LogP contribution in [-0.4, -0.2) is 48.7 Å². The van der Waals surface area contributed by atoms with Gasteiger partial charge in [0.2, 0.25) is 0 Å². The van der Waals surface area contributed by atoms with Crippen LogP contribution >= 0.6 is 21.6 Å². The van der Waals surface area contributed by atoms with Crippen LogP contribution in [0.3, 0.4) is 0 Å². The van der Waals surface area contributed by atoms with Crippen LogP contribution in [0.15, 0.2) is 0 Å². The van der Waals surface area contributed by atoms with E-state index in [1.807, 2.05) is 13.8 Å². The van der Waals surface area contributed by atoms with Gasteiger partial charge in [-0.05, 0) is 25.7 Å². The molecule has 0 aliphatic heterocycles. The largest absolute Gasteiger partial charge is 0.465 e. The summed E-state index contributed by atoms with van der Waals surface area (Å²) < 4.78 is 10.1. The highest BCUT2D eigenvalue weighted by Crippen LogP contribution is 2.23. The predicted molar refractivity (Wildman–Crippen MR) is 102 cm³/mol. The Hall–Kier alpha value is -0.440. The van der Waals surface area contributed by atoms with Crippen molar-refractivity contribution in [1.82, 2.24) is 0 Å². The molecule has 0 aromatic carbocycles. The molecule has 0 aliphatic carbocycles. The van der Waals surface area contributed by atoms with E-state index in [1.165, 1.54) is 0 Å². The lowest BCUT2D eigenvalue weighted by atomic mass is 10.2. The monoisotopic (exact) mass is 380 g/mol. The van der Waals surface area contributed by atoms with Crippen LogP contribution in [0.1, 0.15) is 52.4 Å². The second kappa shape index (κ2) is 16.1.